The summed E-state index contributed by atoms with van der Waals surface area (Å²) in [5, 5.41) is 11.8. The standard InChI is InChI=1S/C16H13ClN2O2/c17-15-10-13(7-6-12(15)4-3-9-20)16(21)19-11-14-5-1-2-8-18-14/h1-2,5-8,10,20H,9,11H2,(H,19,21). The molecule has 0 atom stereocenters. The number of hydrogen-bond acceptors (Lipinski definition) is 3. The number of pyridine rings is 1. The first-order valence-electron chi connectivity index (χ1n) is 6.28. The van der Waals surface area contributed by atoms with Crippen LogP contribution in [0.1, 0.15) is 21.6 Å². The molecule has 0 aliphatic carbocycles. The molecular formula is C16H13ClN2O2. The molecule has 2 rings (SSSR count). The molecule has 0 spiro atoms. The van der Waals surface area contributed by atoms with Gasteiger partial charge >= 0.3 is 0 Å². The Morgan fingerprint density at radius 3 is 2.86 bits per heavy atom. The summed E-state index contributed by atoms with van der Waals surface area (Å²) in [6, 6.07) is 10.4. The molecule has 0 bridgehead atoms. The largest absolute Gasteiger partial charge is 0.384 e. The minimum absolute atomic E-state index is 0.232. The molecule has 0 saturated heterocycles. The van der Waals surface area contributed by atoms with Gasteiger partial charge in [-0.3, -0.25) is 9.78 Å². The number of aliphatic hydroxyl groups is 1. The van der Waals surface area contributed by atoms with E-state index in [0.29, 0.717) is 22.7 Å². The van der Waals surface area contributed by atoms with E-state index in [0.717, 1.165) is 5.69 Å². The number of halogens is 1. The fourth-order valence-electron chi connectivity index (χ4n) is 1.67. The number of carbonyl (C=O) groups is 1. The Bertz CT molecular complexity index is 690. The van der Waals surface area contributed by atoms with Crippen molar-refractivity contribution in [2.24, 2.45) is 0 Å². The Kier molecular flexibility index (Phi) is 5.33. The number of amides is 1. The first kappa shape index (κ1) is 15.0. The van der Waals surface area contributed by atoms with Gasteiger partial charge in [0.25, 0.3) is 5.91 Å². The lowest BCUT2D eigenvalue weighted by Gasteiger charge is -2.06. The maximum absolute atomic E-state index is 12.0. The Morgan fingerprint density at radius 2 is 2.19 bits per heavy atom. The van der Waals surface area contributed by atoms with E-state index in [1.54, 1.807) is 24.4 Å². The van der Waals surface area contributed by atoms with Crippen LogP contribution in [-0.2, 0) is 6.54 Å². The molecule has 1 aromatic carbocycles. The van der Waals surface area contributed by atoms with Gasteiger partial charge in [-0.2, -0.15) is 0 Å². The first-order chi connectivity index (χ1) is 10.2. The van der Waals surface area contributed by atoms with Crippen LogP contribution in [0.5, 0.6) is 0 Å². The second-order valence-corrected chi connectivity index (χ2v) is 4.57. The quantitative estimate of drug-likeness (QED) is 0.852. The third kappa shape index (κ3) is 4.32. The van der Waals surface area contributed by atoms with E-state index >= 15 is 0 Å². The van der Waals surface area contributed by atoms with Crippen LogP contribution in [0.2, 0.25) is 5.02 Å². The zero-order valence-corrected chi connectivity index (χ0v) is 11.9. The number of benzene rings is 1. The summed E-state index contributed by atoms with van der Waals surface area (Å²) < 4.78 is 0. The molecule has 0 aliphatic rings. The second-order valence-electron chi connectivity index (χ2n) is 4.16. The normalized spacial score (nSPS) is 9.62. The van der Waals surface area contributed by atoms with Gasteiger partial charge in [-0.1, -0.05) is 29.5 Å². The number of nitrogens with one attached hydrogen (secondary N) is 1. The summed E-state index contributed by atoms with van der Waals surface area (Å²) in [5.74, 6) is 4.99. The molecule has 2 N–H and O–H groups in total. The van der Waals surface area contributed by atoms with Crippen molar-refractivity contribution in [2.45, 2.75) is 6.54 Å². The van der Waals surface area contributed by atoms with Crippen LogP contribution in [0, 0.1) is 11.8 Å². The van der Waals surface area contributed by atoms with Crippen molar-refractivity contribution >= 4 is 17.5 Å². The van der Waals surface area contributed by atoms with Crippen LogP contribution in [0.3, 0.4) is 0 Å². The molecule has 106 valence electrons. The van der Waals surface area contributed by atoms with Crippen LogP contribution in [0.15, 0.2) is 42.6 Å². The fraction of sp³-hybridized carbons (Fsp3) is 0.125. The molecule has 0 saturated carbocycles. The molecular weight excluding hydrogens is 288 g/mol. The summed E-state index contributed by atoms with van der Waals surface area (Å²) in [4.78, 5) is 16.1. The van der Waals surface area contributed by atoms with Gasteiger partial charge < -0.3 is 10.4 Å². The van der Waals surface area contributed by atoms with Crippen LogP contribution in [-0.4, -0.2) is 22.6 Å². The molecule has 1 heterocycles. The predicted octanol–water partition coefficient (Wildman–Crippen LogP) is 2.01. The van der Waals surface area contributed by atoms with Gasteiger partial charge in [0.15, 0.2) is 0 Å². The van der Waals surface area contributed by atoms with Gasteiger partial charge in [0, 0.05) is 17.3 Å². The first-order valence-corrected chi connectivity index (χ1v) is 6.66. The molecule has 0 unspecified atom stereocenters. The summed E-state index contributed by atoms with van der Waals surface area (Å²) in [5.41, 5.74) is 1.81. The Hall–Kier alpha value is -2.35. The van der Waals surface area contributed by atoms with Crippen molar-refractivity contribution in [1.82, 2.24) is 10.3 Å². The molecule has 0 aliphatic heterocycles. The molecule has 2 aromatic rings. The summed E-state index contributed by atoms with van der Waals surface area (Å²) >= 11 is 6.05. The monoisotopic (exact) mass is 300 g/mol. The van der Waals surface area contributed by atoms with Crippen molar-refractivity contribution in [3.63, 3.8) is 0 Å². The van der Waals surface area contributed by atoms with Gasteiger partial charge in [0.1, 0.15) is 6.61 Å². The highest BCUT2D eigenvalue weighted by molar-refractivity contribution is 6.32. The lowest BCUT2D eigenvalue weighted by atomic mass is 10.1. The molecule has 1 aromatic heterocycles. The van der Waals surface area contributed by atoms with E-state index in [1.165, 1.54) is 0 Å². The van der Waals surface area contributed by atoms with Gasteiger partial charge in [0.2, 0.25) is 0 Å². The number of hydrogen-bond donors (Lipinski definition) is 2. The third-order valence-corrected chi connectivity index (χ3v) is 3.00. The summed E-state index contributed by atoms with van der Waals surface area (Å²) in [7, 11) is 0. The van der Waals surface area contributed by atoms with Crippen molar-refractivity contribution in [1.29, 1.82) is 0 Å². The number of aliphatic hydroxyl groups excluding tert-OH is 1. The number of carbonyl (C=O) groups excluding carboxylic acids is 1. The highest BCUT2D eigenvalue weighted by atomic mass is 35.5. The predicted molar refractivity (Wildman–Crippen MR) is 80.8 cm³/mol. The molecule has 4 nitrogen and oxygen atoms in total. The van der Waals surface area contributed by atoms with Gasteiger partial charge in [0.05, 0.1) is 17.3 Å². The van der Waals surface area contributed by atoms with Crippen molar-refractivity contribution in [2.75, 3.05) is 6.61 Å². The Balaban J connectivity index is 2.04. The smallest absolute Gasteiger partial charge is 0.251 e. The lowest BCUT2D eigenvalue weighted by Crippen LogP contribution is -2.23. The molecule has 0 radical (unpaired) electrons. The van der Waals surface area contributed by atoms with Crippen molar-refractivity contribution < 1.29 is 9.90 Å². The highest BCUT2D eigenvalue weighted by Gasteiger charge is 2.08. The van der Waals surface area contributed by atoms with Crippen LogP contribution in [0.25, 0.3) is 0 Å². The van der Waals surface area contributed by atoms with Crippen LogP contribution in [0.4, 0.5) is 0 Å². The third-order valence-electron chi connectivity index (χ3n) is 2.69. The molecule has 5 heteroatoms. The topological polar surface area (TPSA) is 62.2 Å². The van der Waals surface area contributed by atoms with E-state index in [2.05, 4.69) is 22.1 Å². The molecule has 0 fully saturated rings. The Labute approximate surface area is 127 Å². The number of nitrogens with zero attached hydrogens (tertiary/aromatic N) is 1. The van der Waals surface area contributed by atoms with Crippen LogP contribution >= 0.6 is 11.6 Å². The zero-order chi connectivity index (χ0) is 15.1. The van der Waals surface area contributed by atoms with Gasteiger partial charge in [-0.15, -0.1) is 0 Å². The molecule has 21 heavy (non-hydrogen) atoms. The molecule has 1 amide bonds. The van der Waals surface area contributed by atoms with E-state index in [9.17, 15) is 4.79 Å². The van der Waals surface area contributed by atoms with Gasteiger partial charge in [-0.05, 0) is 30.3 Å². The lowest BCUT2D eigenvalue weighted by molar-refractivity contribution is 0.0950. The summed E-state index contributed by atoms with van der Waals surface area (Å²) in [6.45, 7) is 0.117. The number of aromatic nitrogens is 1. The SMILES string of the molecule is O=C(NCc1ccccn1)c1ccc(C#CCO)c(Cl)c1. The van der Waals surface area contributed by atoms with E-state index in [1.807, 2.05) is 18.2 Å². The average Bonchev–Trinajstić information content (AvgIpc) is 2.52. The number of rotatable bonds is 3. The fourth-order valence-corrected chi connectivity index (χ4v) is 1.90. The van der Waals surface area contributed by atoms with Gasteiger partial charge in [-0.25, -0.2) is 0 Å². The maximum Gasteiger partial charge on any atom is 0.251 e. The van der Waals surface area contributed by atoms with E-state index < -0.39 is 0 Å². The highest BCUT2D eigenvalue weighted by Crippen LogP contribution is 2.17. The van der Waals surface area contributed by atoms with E-state index in [4.69, 9.17) is 16.7 Å². The minimum atomic E-state index is -0.233. The maximum atomic E-state index is 12.0. The Morgan fingerprint density at radius 1 is 1.33 bits per heavy atom. The van der Waals surface area contributed by atoms with Crippen LogP contribution < -0.4 is 5.32 Å². The summed E-state index contributed by atoms with van der Waals surface area (Å²) in [6.07, 6.45) is 1.67. The minimum Gasteiger partial charge on any atom is -0.384 e. The van der Waals surface area contributed by atoms with Crippen molar-refractivity contribution in [3.05, 3.63) is 64.4 Å². The zero-order valence-electron chi connectivity index (χ0n) is 11.1. The van der Waals surface area contributed by atoms with Crippen molar-refractivity contribution in [3.8, 4) is 11.8 Å². The second kappa shape index (κ2) is 7.44. The average molecular weight is 301 g/mol. The van der Waals surface area contributed by atoms with E-state index in [-0.39, 0.29) is 12.5 Å².